The van der Waals surface area contributed by atoms with Gasteiger partial charge in [0.05, 0.1) is 13.1 Å². The van der Waals surface area contributed by atoms with Crippen LogP contribution in [0.15, 0.2) is 0 Å². The predicted molar refractivity (Wildman–Crippen MR) is 44.9 cm³/mol. The van der Waals surface area contributed by atoms with E-state index in [0.29, 0.717) is 12.0 Å². The number of morpholine rings is 1. The SMILES string of the molecule is CC1CCC1N1CC(=O)OC(=O)C1. The zero-order valence-corrected chi connectivity index (χ0v) is 7.66. The summed E-state index contributed by atoms with van der Waals surface area (Å²) in [5, 5.41) is 0. The van der Waals surface area contributed by atoms with Gasteiger partial charge in [-0.25, -0.2) is 0 Å². The number of hydrogen-bond donors (Lipinski definition) is 0. The normalized spacial score (nSPS) is 35.5. The molecule has 72 valence electrons. The van der Waals surface area contributed by atoms with Gasteiger partial charge in [-0.2, -0.15) is 0 Å². The van der Waals surface area contributed by atoms with E-state index in [0.717, 1.165) is 6.42 Å². The number of carbonyl (C=O) groups excluding carboxylic acids is 2. The first-order valence-electron chi connectivity index (χ1n) is 4.64. The molecule has 0 aromatic heterocycles. The first kappa shape index (κ1) is 8.69. The lowest BCUT2D eigenvalue weighted by Crippen LogP contribution is -2.53. The molecular weight excluding hydrogens is 170 g/mol. The molecule has 13 heavy (non-hydrogen) atoms. The lowest BCUT2D eigenvalue weighted by atomic mass is 9.80. The number of nitrogens with zero attached hydrogens (tertiary/aromatic N) is 1. The Morgan fingerprint density at radius 3 is 2.23 bits per heavy atom. The van der Waals surface area contributed by atoms with Crippen molar-refractivity contribution in [3.8, 4) is 0 Å². The van der Waals surface area contributed by atoms with Gasteiger partial charge in [0.25, 0.3) is 0 Å². The third-order valence-electron chi connectivity index (χ3n) is 2.94. The van der Waals surface area contributed by atoms with E-state index < -0.39 is 11.9 Å². The average molecular weight is 183 g/mol. The van der Waals surface area contributed by atoms with Crippen molar-refractivity contribution in [3.05, 3.63) is 0 Å². The topological polar surface area (TPSA) is 46.6 Å². The third-order valence-corrected chi connectivity index (χ3v) is 2.94. The molecule has 2 rings (SSSR count). The van der Waals surface area contributed by atoms with Gasteiger partial charge < -0.3 is 4.74 Å². The van der Waals surface area contributed by atoms with Gasteiger partial charge in [-0.1, -0.05) is 6.92 Å². The molecule has 1 saturated carbocycles. The minimum atomic E-state index is -0.407. The maximum atomic E-state index is 11.0. The summed E-state index contributed by atoms with van der Waals surface area (Å²) in [5.41, 5.74) is 0. The molecule has 2 fully saturated rings. The van der Waals surface area contributed by atoms with Crippen molar-refractivity contribution in [3.63, 3.8) is 0 Å². The van der Waals surface area contributed by atoms with E-state index in [2.05, 4.69) is 11.7 Å². The van der Waals surface area contributed by atoms with E-state index in [9.17, 15) is 9.59 Å². The van der Waals surface area contributed by atoms with Crippen LogP contribution in [0.5, 0.6) is 0 Å². The van der Waals surface area contributed by atoms with Crippen LogP contribution < -0.4 is 0 Å². The Morgan fingerprint density at radius 2 is 1.85 bits per heavy atom. The molecule has 0 amide bonds. The quantitative estimate of drug-likeness (QED) is 0.429. The molecule has 1 aliphatic carbocycles. The van der Waals surface area contributed by atoms with Crippen molar-refractivity contribution in [2.45, 2.75) is 25.8 Å². The van der Waals surface area contributed by atoms with Gasteiger partial charge in [-0.3, -0.25) is 14.5 Å². The summed E-state index contributed by atoms with van der Waals surface area (Å²) in [6.07, 6.45) is 2.30. The van der Waals surface area contributed by atoms with Crippen LogP contribution in [-0.2, 0) is 14.3 Å². The zero-order valence-electron chi connectivity index (χ0n) is 7.66. The van der Waals surface area contributed by atoms with Crippen LogP contribution in [0.4, 0.5) is 0 Å². The number of cyclic esters (lactones) is 2. The van der Waals surface area contributed by atoms with Gasteiger partial charge in [-0.05, 0) is 18.8 Å². The van der Waals surface area contributed by atoms with E-state index in [1.54, 1.807) is 0 Å². The molecule has 0 spiro atoms. The second-order valence-corrected chi connectivity index (χ2v) is 3.87. The fourth-order valence-corrected chi connectivity index (χ4v) is 2.01. The summed E-state index contributed by atoms with van der Waals surface area (Å²) >= 11 is 0. The molecule has 0 aromatic rings. The summed E-state index contributed by atoms with van der Waals surface area (Å²) in [5.74, 6) is -0.204. The van der Waals surface area contributed by atoms with Crippen LogP contribution in [0.1, 0.15) is 19.8 Å². The van der Waals surface area contributed by atoms with Gasteiger partial charge in [0.2, 0.25) is 0 Å². The summed E-state index contributed by atoms with van der Waals surface area (Å²) in [7, 11) is 0. The highest BCUT2D eigenvalue weighted by molar-refractivity contribution is 5.90. The van der Waals surface area contributed by atoms with Gasteiger partial charge in [0.1, 0.15) is 0 Å². The summed E-state index contributed by atoms with van der Waals surface area (Å²) < 4.78 is 4.45. The Hall–Kier alpha value is -0.900. The zero-order chi connectivity index (χ0) is 9.42. The Labute approximate surface area is 76.8 Å². The summed E-state index contributed by atoms with van der Waals surface area (Å²) in [6, 6.07) is 0.414. The molecule has 2 unspecified atom stereocenters. The molecule has 0 aromatic carbocycles. The minimum Gasteiger partial charge on any atom is -0.391 e. The van der Waals surface area contributed by atoms with E-state index >= 15 is 0 Å². The largest absolute Gasteiger partial charge is 0.391 e. The minimum absolute atomic E-state index is 0.279. The van der Waals surface area contributed by atoms with Crippen molar-refractivity contribution >= 4 is 11.9 Å². The van der Waals surface area contributed by atoms with Crippen molar-refractivity contribution in [1.82, 2.24) is 4.90 Å². The van der Waals surface area contributed by atoms with Crippen LogP contribution in [-0.4, -0.2) is 36.0 Å². The first-order valence-corrected chi connectivity index (χ1v) is 4.64. The van der Waals surface area contributed by atoms with Gasteiger partial charge in [0.15, 0.2) is 0 Å². The fourth-order valence-electron chi connectivity index (χ4n) is 2.01. The number of hydrogen-bond acceptors (Lipinski definition) is 4. The lowest BCUT2D eigenvalue weighted by Gasteiger charge is -2.42. The number of esters is 2. The van der Waals surface area contributed by atoms with Crippen molar-refractivity contribution < 1.29 is 14.3 Å². The van der Waals surface area contributed by atoms with Gasteiger partial charge >= 0.3 is 11.9 Å². The summed E-state index contributed by atoms with van der Waals surface area (Å²) in [6.45, 7) is 2.71. The Bertz CT molecular complexity index is 235. The number of ether oxygens (including phenoxy) is 1. The van der Waals surface area contributed by atoms with Crippen LogP contribution in [0.3, 0.4) is 0 Å². The molecule has 4 heteroatoms. The standard InChI is InChI=1S/C9H13NO3/c1-6-2-3-7(6)10-4-8(11)13-9(12)5-10/h6-7H,2-5H2,1H3. The van der Waals surface area contributed by atoms with Crippen molar-refractivity contribution in [1.29, 1.82) is 0 Å². The molecular formula is C9H13NO3. The maximum absolute atomic E-state index is 11.0. The van der Waals surface area contributed by atoms with E-state index in [4.69, 9.17) is 0 Å². The number of rotatable bonds is 1. The molecule has 0 radical (unpaired) electrons. The van der Waals surface area contributed by atoms with Gasteiger partial charge in [0, 0.05) is 6.04 Å². The van der Waals surface area contributed by atoms with E-state index in [-0.39, 0.29) is 13.1 Å². The van der Waals surface area contributed by atoms with E-state index in [1.807, 2.05) is 4.90 Å². The monoisotopic (exact) mass is 183 g/mol. The third kappa shape index (κ3) is 1.58. The Balaban J connectivity index is 1.98. The molecule has 2 aliphatic rings. The molecule has 1 saturated heterocycles. The average Bonchev–Trinajstić information content (AvgIpc) is 1.99. The van der Waals surface area contributed by atoms with Crippen LogP contribution in [0.25, 0.3) is 0 Å². The fraction of sp³-hybridized carbons (Fsp3) is 0.778. The van der Waals surface area contributed by atoms with E-state index in [1.165, 1.54) is 6.42 Å². The Morgan fingerprint density at radius 1 is 1.23 bits per heavy atom. The highest BCUT2D eigenvalue weighted by atomic mass is 16.6. The summed E-state index contributed by atoms with van der Waals surface area (Å²) in [4.78, 5) is 23.8. The lowest BCUT2D eigenvalue weighted by molar-refractivity contribution is -0.169. The molecule has 2 atom stereocenters. The molecule has 4 nitrogen and oxygen atoms in total. The molecule has 1 aliphatic heterocycles. The maximum Gasteiger partial charge on any atom is 0.327 e. The second kappa shape index (κ2) is 3.10. The highest BCUT2D eigenvalue weighted by Crippen LogP contribution is 2.31. The van der Waals surface area contributed by atoms with Crippen LogP contribution in [0, 0.1) is 5.92 Å². The van der Waals surface area contributed by atoms with Crippen LogP contribution in [0.2, 0.25) is 0 Å². The predicted octanol–water partition coefficient (Wildman–Crippen LogP) is 0.170. The Kier molecular flexibility index (Phi) is 2.07. The second-order valence-electron chi connectivity index (χ2n) is 3.87. The van der Waals surface area contributed by atoms with Gasteiger partial charge in [-0.15, -0.1) is 0 Å². The molecule has 1 heterocycles. The molecule has 0 bridgehead atoms. The van der Waals surface area contributed by atoms with Crippen LogP contribution >= 0.6 is 0 Å². The van der Waals surface area contributed by atoms with Crippen molar-refractivity contribution in [2.75, 3.05) is 13.1 Å². The first-order chi connectivity index (χ1) is 6.16. The highest BCUT2D eigenvalue weighted by Gasteiger charge is 2.37. The number of carbonyl (C=O) groups is 2. The molecule has 0 N–H and O–H groups in total. The van der Waals surface area contributed by atoms with Crippen molar-refractivity contribution in [2.24, 2.45) is 5.92 Å². The smallest absolute Gasteiger partial charge is 0.327 e.